The molecule has 2 rings (SSSR count). The lowest BCUT2D eigenvalue weighted by Gasteiger charge is -1.98. The molecule has 0 saturated carbocycles. The van der Waals surface area contributed by atoms with Gasteiger partial charge in [-0.2, -0.15) is 0 Å². The number of aromatic nitrogens is 2. The first-order valence-electron chi connectivity index (χ1n) is 3.75. The lowest BCUT2D eigenvalue weighted by Crippen LogP contribution is -2.20. The summed E-state index contributed by atoms with van der Waals surface area (Å²) < 4.78 is 0. The molecule has 0 amide bonds. The number of hydrazine groups is 1. The lowest BCUT2D eigenvalue weighted by atomic mass is 10.2. The molecule has 62 valence electrons. The summed E-state index contributed by atoms with van der Waals surface area (Å²) in [6.07, 6.45) is 1.68. The minimum Gasteiger partial charge on any atom is -0.345 e. The van der Waals surface area contributed by atoms with Crippen LogP contribution in [0.2, 0.25) is 0 Å². The Morgan fingerprint density at radius 1 is 1.50 bits per heavy atom. The van der Waals surface area contributed by atoms with Crippen LogP contribution >= 0.6 is 0 Å². The average molecular weight is 162 g/mol. The summed E-state index contributed by atoms with van der Waals surface area (Å²) >= 11 is 0. The van der Waals surface area contributed by atoms with Crippen molar-refractivity contribution in [2.45, 2.75) is 6.54 Å². The highest BCUT2D eigenvalue weighted by molar-refractivity contribution is 5.74. The number of hydrogen-bond acceptors (Lipinski definition) is 3. The first-order chi connectivity index (χ1) is 5.90. The van der Waals surface area contributed by atoms with Crippen molar-refractivity contribution < 1.29 is 0 Å². The quantitative estimate of drug-likeness (QED) is 0.445. The van der Waals surface area contributed by atoms with E-state index < -0.39 is 0 Å². The first kappa shape index (κ1) is 7.27. The molecule has 4 nitrogen and oxygen atoms in total. The predicted molar refractivity (Wildman–Crippen MR) is 47.1 cm³/mol. The van der Waals surface area contributed by atoms with Crippen LogP contribution in [0.3, 0.4) is 0 Å². The summed E-state index contributed by atoms with van der Waals surface area (Å²) in [6, 6.07) is 6.00. The number of imidazole rings is 1. The van der Waals surface area contributed by atoms with Gasteiger partial charge in [0.2, 0.25) is 0 Å². The molecule has 1 aromatic heterocycles. The molecule has 0 atom stereocenters. The molecule has 12 heavy (non-hydrogen) atoms. The molecule has 0 fully saturated rings. The number of nitrogens with two attached hydrogens (primary N) is 1. The fourth-order valence-electron chi connectivity index (χ4n) is 1.21. The van der Waals surface area contributed by atoms with Crippen molar-refractivity contribution in [3.63, 3.8) is 0 Å². The van der Waals surface area contributed by atoms with Gasteiger partial charge in [-0.3, -0.25) is 11.3 Å². The number of rotatable bonds is 2. The van der Waals surface area contributed by atoms with Gasteiger partial charge in [0.1, 0.15) is 0 Å². The van der Waals surface area contributed by atoms with Crippen LogP contribution in [0.4, 0.5) is 0 Å². The third-order valence-electron chi connectivity index (χ3n) is 1.79. The van der Waals surface area contributed by atoms with E-state index >= 15 is 0 Å². The number of nitrogens with one attached hydrogen (secondary N) is 2. The van der Waals surface area contributed by atoms with Crippen LogP contribution in [0.5, 0.6) is 0 Å². The zero-order chi connectivity index (χ0) is 8.39. The number of nitrogens with zero attached hydrogens (tertiary/aromatic N) is 1. The van der Waals surface area contributed by atoms with E-state index in [-0.39, 0.29) is 0 Å². The summed E-state index contributed by atoms with van der Waals surface area (Å²) in [4.78, 5) is 7.15. The van der Waals surface area contributed by atoms with Crippen LogP contribution in [-0.2, 0) is 6.54 Å². The highest BCUT2D eigenvalue weighted by atomic mass is 15.2. The molecule has 0 aliphatic rings. The second-order valence-electron chi connectivity index (χ2n) is 2.63. The van der Waals surface area contributed by atoms with Crippen LogP contribution in [0.25, 0.3) is 11.0 Å². The first-order valence-corrected chi connectivity index (χ1v) is 3.75. The fraction of sp³-hybridized carbons (Fsp3) is 0.125. The number of aromatic amines is 1. The monoisotopic (exact) mass is 162 g/mol. The zero-order valence-corrected chi connectivity index (χ0v) is 6.54. The number of H-pyrrole nitrogens is 1. The van der Waals surface area contributed by atoms with Gasteiger partial charge in [0, 0.05) is 6.54 Å². The van der Waals surface area contributed by atoms with Crippen molar-refractivity contribution in [2.24, 2.45) is 5.84 Å². The summed E-state index contributed by atoms with van der Waals surface area (Å²) in [6.45, 7) is 0.676. The van der Waals surface area contributed by atoms with Gasteiger partial charge in [-0.1, -0.05) is 6.07 Å². The second-order valence-corrected chi connectivity index (χ2v) is 2.63. The standard InChI is InChI=1S/C8H10N4/c9-12-4-6-1-2-7-8(3-6)11-5-10-7/h1-3,5,12H,4,9H2,(H,10,11). The Hall–Kier alpha value is -1.39. The normalized spacial score (nSPS) is 10.8. The van der Waals surface area contributed by atoms with Gasteiger partial charge >= 0.3 is 0 Å². The second kappa shape index (κ2) is 2.92. The number of benzene rings is 1. The minimum atomic E-state index is 0.676. The van der Waals surface area contributed by atoms with Crippen molar-refractivity contribution in [3.8, 4) is 0 Å². The van der Waals surface area contributed by atoms with Crippen LogP contribution in [-0.4, -0.2) is 9.97 Å². The van der Waals surface area contributed by atoms with E-state index in [4.69, 9.17) is 5.84 Å². The van der Waals surface area contributed by atoms with Gasteiger partial charge in [-0.05, 0) is 17.7 Å². The van der Waals surface area contributed by atoms with Gasteiger partial charge in [0.15, 0.2) is 0 Å². The van der Waals surface area contributed by atoms with Gasteiger partial charge < -0.3 is 4.98 Å². The van der Waals surface area contributed by atoms with Gasteiger partial charge in [0.25, 0.3) is 0 Å². The molecular formula is C8H10N4. The summed E-state index contributed by atoms with van der Waals surface area (Å²) in [5.41, 5.74) is 5.78. The molecule has 1 heterocycles. The molecule has 0 spiro atoms. The van der Waals surface area contributed by atoms with Gasteiger partial charge in [0.05, 0.1) is 17.4 Å². The molecule has 0 aliphatic heterocycles. The number of hydrogen-bond donors (Lipinski definition) is 3. The van der Waals surface area contributed by atoms with Crippen molar-refractivity contribution in [1.82, 2.24) is 15.4 Å². The Kier molecular flexibility index (Phi) is 1.77. The SMILES string of the molecule is NNCc1ccc2nc[nH]c2c1. The smallest absolute Gasteiger partial charge is 0.0931 e. The van der Waals surface area contributed by atoms with Crippen LogP contribution in [0.1, 0.15) is 5.56 Å². The molecular weight excluding hydrogens is 152 g/mol. The minimum absolute atomic E-state index is 0.676. The Morgan fingerprint density at radius 3 is 3.25 bits per heavy atom. The summed E-state index contributed by atoms with van der Waals surface area (Å²) in [5.74, 6) is 5.20. The van der Waals surface area contributed by atoms with Gasteiger partial charge in [-0.25, -0.2) is 4.98 Å². The third kappa shape index (κ3) is 1.17. The van der Waals surface area contributed by atoms with E-state index in [1.54, 1.807) is 6.33 Å². The molecule has 0 unspecified atom stereocenters. The van der Waals surface area contributed by atoms with Crippen LogP contribution in [0, 0.1) is 0 Å². The van der Waals surface area contributed by atoms with E-state index in [1.807, 2.05) is 18.2 Å². The number of fused-ring (bicyclic) bond motifs is 1. The topological polar surface area (TPSA) is 66.7 Å². The van der Waals surface area contributed by atoms with E-state index in [1.165, 1.54) is 0 Å². The molecule has 4 N–H and O–H groups in total. The highest BCUT2D eigenvalue weighted by Crippen LogP contribution is 2.10. The Balaban J connectivity index is 2.46. The van der Waals surface area contributed by atoms with Crippen molar-refractivity contribution in [3.05, 3.63) is 30.1 Å². The third-order valence-corrected chi connectivity index (χ3v) is 1.79. The van der Waals surface area contributed by atoms with Crippen LogP contribution < -0.4 is 11.3 Å². The van der Waals surface area contributed by atoms with Crippen molar-refractivity contribution in [2.75, 3.05) is 0 Å². The van der Waals surface area contributed by atoms with E-state index in [2.05, 4.69) is 15.4 Å². The van der Waals surface area contributed by atoms with Crippen molar-refractivity contribution >= 4 is 11.0 Å². The Bertz CT molecular complexity index is 379. The van der Waals surface area contributed by atoms with Gasteiger partial charge in [-0.15, -0.1) is 0 Å². The molecule has 2 aromatic rings. The fourth-order valence-corrected chi connectivity index (χ4v) is 1.21. The summed E-state index contributed by atoms with van der Waals surface area (Å²) in [7, 11) is 0. The maximum atomic E-state index is 5.20. The maximum absolute atomic E-state index is 5.20. The van der Waals surface area contributed by atoms with Crippen molar-refractivity contribution in [1.29, 1.82) is 0 Å². The molecule has 0 bridgehead atoms. The molecule has 0 aliphatic carbocycles. The van der Waals surface area contributed by atoms with E-state index in [9.17, 15) is 0 Å². The highest BCUT2D eigenvalue weighted by Gasteiger charge is 1.96. The summed E-state index contributed by atoms with van der Waals surface area (Å²) in [5, 5.41) is 0. The van der Waals surface area contributed by atoms with E-state index in [0.717, 1.165) is 16.6 Å². The molecule has 1 aromatic carbocycles. The predicted octanol–water partition coefficient (Wildman–Crippen LogP) is 0.526. The van der Waals surface area contributed by atoms with Crippen LogP contribution in [0.15, 0.2) is 24.5 Å². The molecule has 4 heteroatoms. The van der Waals surface area contributed by atoms with E-state index in [0.29, 0.717) is 6.54 Å². The average Bonchev–Trinajstić information content (AvgIpc) is 2.51. The Labute approximate surface area is 69.8 Å². The molecule has 0 saturated heterocycles. The lowest BCUT2D eigenvalue weighted by molar-refractivity contribution is 0.742. The largest absolute Gasteiger partial charge is 0.345 e. The Morgan fingerprint density at radius 2 is 2.42 bits per heavy atom. The molecule has 0 radical (unpaired) electrons. The maximum Gasteiger partial charge on any atom is 0.0931 e. The zero-order valence-electron chi connectivity index (χ0n) is 6.54.